The van der Waals surface area contributed by atoms with Gasteiger partial charge in [-0.2, -0.15) is 0 Å². The zero-order valence-corrected chi connectivity index (χ0v) is 42.6. The lowest BCUT2D eigenvalue weighted by Gasteiger charge is -2.35. The number of hydrogen-bond acceptors (Lipinski definition) is 10. The zero-order chi connectivity index (χ0) is 42.7. The van der Waals surface area contributed by atoms with Crippen molar-refractivity contribution in [1.82, 2.24) is 42.5 Å². The molecule has 4 aliphatic carbocycles. The summed E-state index contributed by atoms with van der Waals surface area (Å²) in [7, 11) is -2.88. The molecule has 62 heavy (non-hydrogen) atoms. The van der Waals surface area contributed by atoms with Crippen molar-refractivity contribution in [3.05, 3.63) is 0 Å². The van der Waals surface area contributed by atoms with Gasteiger partial charge < -0.3 is 8.91 Å². The van der Waals surface area contributed by atoms with E-state index in [0.717, 1.165) is 47.3 Å². The Balaban J connectivity index is 0.000000208. The molecule has 8 bridgehead atoms. The topological polar surface area (TPSA) is 126 Å². The molecule has 0 spiro atoms. The Morgan fingerprint density at radius 2 is 0.565 bits per heavy atom. The van der Waals surface area contributed by atoms with Crippen molar-refractivity contribution in [2.45, 2.75) is 268 Å². The summed E-state index contributed by atoms with van der Waals surface area (Å²) in [6.45, 7) is 6.83. The van der Waals surface area contributed by atoms with Gasteiger partial charge in [-0.3, -0.25) is 42.5 Å². The van der Waals surface area contributed by atoms with E-state index < -0.39 is 18.3 Å². The highest BCUT2D eigenvalue weighted by Crippen LogP contribution is 2.45. The predicted octanol–water partition coefficient (Wildman–Crippen LogP) is 8.29. The van der Waals surface area contributed by atoms with E-state index in [4.69, 9.17) is 4.12 Å². The molecule has 9 rings (SSSR count). The van der Waals surface area contributed by atoms with Crippen molar-refractivity contribution in [2.24, 2.45) is 47.3 Å². The first-order valence-corrected chi connectivity index (χ1v) is 31.6. The normalized spacial score (nSPS) is 41.6. The van der Waals surface area contributed by atoms with E-state index in [1.807, 2.05) is 0 Å². The molecule has 4 saturated carbocycles. The molecule has 5 saturated heterocycles. The molecule has 12 heteroatoms. The second kappa shape index (κ2) is 24.4. The molecule has 5 heterocycles. The molecule has 10 nitrogen and oxygen atoms in total. The van der Waals surface area contributed by atoms with Gasteiger partial charge >= 0.3 is 0 Å². The van der Waals surface area contributed by atoms with E-state index >= 15 is 0 Å². The molecule has 5 aliphatic heterocycles. The van der Waals surface area contributed by atoms with Gasteiger partial charge in [-0.15, -0.1) is 0 Å². The lowest BCUT2D eigenvalue weighted by atomic mass is 9.76. The number of rotatable bonds is 17. The first-order valence-electron chi connectivity index (χ1n) is 27.9. The van der Waals surface area contributed by atoms with Crippen molar-refractivity contribution in [1.29, 1.82) is 0 Å². The van der Waals surface area contributed by atoms with Gasteiger partial charge in [0.2, 0.25) is 0 Å². The largest absolute Gasteiger partial charge is 0.440 e. The third-order valence-corrected chi connectivity index (χ3v) is 25.4. The summed E-state index contributed by atoms with van der Waals surface area (Å²) in [5, 5.41) is 33.8. The molecule has 0 aromatic carbocycles. The Labute approximate surface area is 383 Å². The van der Waals surface area contributed by atoms with E-state index in [-0.39, 0.29) is 0 Å². The fraction of sp³-hybridized carbons (Fsp3) is 1.00. The lowest BCUT2D eigenvalue weighted by Crippen LogP contribution is -2.61. The first kappa shape index (κ1) is 48.5. The van der Waals surface area contributed by atoms with Crippen molar-refractivity contribution in [2.75, 3.05) is 0 Å². The third kappa shape index (κ3) is 11.8. The zero-order valence-electron chi connectivity index (χ0n) is 40.2. The van der Waals surface area contributed by atoms with Crippen LogP contribution in [0.15, 0.2) is 0 Å². The van der Waals surface area contributed by atoms with Crippen LogP contribution in [0.25, 0.3) is 0 Å². The van der Waals surface area contributed by atoms with Gasteiger partial charge in [-0.05, 0) is 117 Å². The monoisotopic (exact) mass is 899 g/mol. The van der Waals surface area contributed by atoms with Gasteiger partial charge in [-0.1, -0.05) is 149 Å². The van der Waals surface area contributed by atoms with Crippen molar-refractivity contribution >= 4 is 18.3 Å². The maximum Gasteiger partial charge on any atom is 0.291 e. The Morgan fingerprint density at radius 3 is 0.742 bits per heavy atom. The molecular formula is C50H98N8O2Si2. The number of nitrogens with one attached hydrogen (secondary N) is 8. The minimum atomic E-state index is -1.63. The molecular weight excluding hydrogens is 801 g/mol. The van der Waals surface area contributed by atoms with Crippen LogP contribution in [-0.4, -0.2) is 72.4 Å². The first-order chi connectivity index (χ1) is 30.5. The van der Waals surface area contributed by atoms with E-state index in [0.29, 0.717) is 49.3 Å². The fourth-order valence-electron chi connectivity index (χ4n) is 15.3. The molecule has 9 fully saturated rings. The van der Waals surface area contributed by atoms with Crippen LogP contribution in [0.3, 0.4) is 0 Å². The predicted molar refractivity (Wildman–Crippen MR) is 262 cm³/mol. The maximum atomic E-state index is 9.56. The average Bonchev–Trinajstić information content (AvgIpc) is 4.04. The molecule has 358 valence electrons. The summed E-state index contributed by atoms with van der Waals surface area (Å²) in [6, 6.07) is 3.91. The smallest absolute Gasteiger partial charge is 0.291 e. The van der Waals surface area contributed by atoms with E-state index in [1.165, 1.54) is 198 Å². The van der Waals surface area contributed by atoms with Crippen LogP contribution in [-0.2, 0) is 4.12 Å². The highest BCUT2D eigenvalue weighted by molar-refractivity contribution is 6.76. The molecule has 9 aliphatic rings. The quantitative estimate of drug-likeness (QED) is 0.0521. The van der Waals surface area contributed by atoms with E-state index in [9.17, 15) is 4.80 Å². The average molecular weight is 900 g/mol. The molecule has 0 amide bonds. The third-order valence-electron chi connectivity index (χ3n) is 18.6. The van der Waals surface area contributed by atoms with E-state index in [1.54, 1.807) is 0 Å². The van der Waals surface area contributed by atoms with Gasteiger partial charge in [0.1, 0.15) is 0 Å². The number of unbranched alkanes of at least 4 members (excludes halogenated alkanes) is 9. The van der Waals surface area contributed by atoms with Crippen molar-refractivity contribution < 1.29 is 8.91 Å². The molecule has 8 atom stereocenters. The summed E-state index contributed by atoms with van der Waals surface area (Å²) in [5.41, 5.74) is 0. The summed E-state index contributed by atoms with van der Waals surface area (Å²) < 4.78 is 6.20. The molecule has 8 unspecified atom stereocenters. The van der Waals surface area contributed by atoms with Crippen LogP contribution < -0.4 is 42.5 Å². The van der Waals surface area contributed by atoms with Crippen LogP contribution in [0, 0.1) is 47.3 Å². The molecule has 9 N–H and O–H groups in total. The summed E-state index contributed by atoms with van der Waals surface area (Å²) in [4.78, 5) is 9.56. The highest BCUT2D eigenvalue weighted by atomic mass is 28.4. The fourth-order valence-corrected chi connectivity index (χ4v) is 21.6. The Bertz CT molecular complexity index is 1070. The Morgan fingerprint density at radius 1 is 0.355 bits per heavy atom. The number of fused-ring (bicyclic) bond motifs is 20. The molecule has 0 aromatic heterocycles. The van der Waals surface area contributed by atoms with Crippen molar-refractivity contribution in [3.8, 4) is 0 Å². The molecule has 0 radical (unpaired) electrons. The Kier molecular flexibility index (Phi) is 19.0. The summed E-state index contributed by atoms with van der Waals surface area (Å²) >= 11 is 0. The summed E-state index contributed by atoms with van der Waals surface area (Å²) in [6.07, 6.45) is 41.6. The standard InChI is InChI=1S/C32H56N8.C18H42O2Si2/c1-2-10-18-17(9-1)25-33-26(18)38-28-21-13-5-6-14-22(21)30(35-28)40-32-24-16-8-7-15-23(24)31(36-32)39-29-20-12-4-3-11-19(20)27(34-29)37-25;1-4-7-10-13-16-22(20-21-19,17-14-11-8-5-2)18-15-12-9-6-3/h17-40H,1-16H2;19H,4-18,21H2,1-3H3. The van der Waals surface area contributed by atoms with Crippen molar-refractivity contribution in [3.63, 3.8) is 0 Å². The minimum Gasteiger partial charge on any atom is -0.440 e. The molecule has 0 aromatic rings. The maximum absolute atomic E-state index is 9.56. The van der Waals surface area contributed by atoms with Gasteiger partial charge in [0.25, 0.3) is 10.0 Å². The highest BCUT2D eigenvalue weighted by Gasteiger charge is 2.54. The van der Waals surface area contributed by atoms with Gasteiger partial charge in [0, 0.05) is 0 Å². The van der Waals surface area contributed by atoms with E-state index in [2.05, 4.69) is 63.3 Å². The van der Waals surface area contributed by atoms with Crippen LogP contribution in [0.2, 0.25) is 18.1 Å². The van der Waals surface area contributed by atoms with Gasteiger partial charge in [0.05, 0.1) is 49.3 Å². The van der Waals surface area contributed by atoms with Gasteiger partial charge in [-0.25, -0.2) is 0 Å². The SMILES string of the molecule is C1CCC2C3NC(NC4NC(NC5NC(NC6NC(N3)C3CCCCC63)C3CCCCC53)C3CCCCC43)C2C1.CCCCCC[Si](CCCCCC)(CCCCCC)O[SiH2]O. The second-order valence-corrected chi connectivity index (χ2v) is 27.8. The minimum absolute atomic E-state index is 0.420. The summed E-state index contributed by atoms with van der Waals surface area (Å²) in [5.74, 6) is 5.97. The van der Waals surface area contributed by atoms with Crippen LogP contribution >= 0.6 is 0 Å². The Hall–Kier alpha value is 0.0338. The van der Waals surface area contributed by atoms with Crippen LogP contribution in [0.4, 0.5) is 0 Å². The second-order valence-electron chi connectivity index (χ2n) is 22.5. The van der Waals surface area contributed by atoms with Crippen LogP contribution in [0.1, 0.15) is 201 Å². The van der Waals surface area contributed by atoms with Crippen LogP contribution in [0.5, 0.6) is 0 Å². The van der Waals surface area contributed by atoms with Gasteiger partial charge in [0.15, 0.2) is 8.32 Å². The number of hydrogen-bond donors (Lipinski definition) is 9. The lowest BCUT2D eigenvalue weighted by molar-refractivity contribution is 0.167.